The Hall–Kier alpha value is -5.54. The molecule has 5 aliphatic rings. The lowest BCUT2D eigenvalue weighted by atomic mass is 9.79. The fourth-order valence-corrected chi connectivity index (χ4v) is 9.25. The first kappa shape index (κ1) is 30.3. The number of hydrogen-bond donors (Lipinski definition) is 0. The molecule has 51 heavy (non-hydrogen) atoms. The predicted molar refractivity (Wildman–Crippen MR) is 211 cm³/mol. The number of ether oxygens (including phenoxy) is 1. The van der Waals surface area contributed by atoms with Crippen LogP contribution < -0.4 is 9.64 Å². The van der Waals surface area contributed by atoms with Gasteiger partial charge in [0.15, 0.2) is 0 Å². The van der Waals surface area contributed by atoms with Crippen molar-refractivity contribution in [3.8, 4) is 22.6 Å². The van der Waals surface area contributed by atoms with E-state index in [2.05, 4.69) is 173 Å². The normalized spacial score (nSPS) is 24.2. The first-order chi connectivity index (χ1) is 25.3. The summed E-state index contributed by atoms with van der Waals surface area (Å²) >= 11 is 0. The molecule has 4 aliphatic carbocycles. The summed E-state index contributed by atoms with van der Waals surface area (Å²) in [6.07, 6.45) is 31.1. The Balaban J connectivity index is 1.05. The van der Waals surface area contributed by atoms with Crippen LogP contribution in [0.5, 0.6) is 5.75 Å². The SMILES string of the molecule is C1=CCC(C2C=CC(N(C3=CC=CC4c5ccc6c(c7c(n6-c6ccccc6)CCC=C7)c5OC34)c3ccc(-c4ccccc4)cc3)CC2)C=C1. The highest BCUT2D eigenvalue weighted by Gasteiger charge is 2.42. The molecule has 3 heteroatoms. The number of anilines is 1. The lowest BCUT2D eigenvalue weighted by Gasteiger charge is -2.40. The van der Waals surface area contributed by atoms with Crippen LogP contribution in [-0.2, 0) is 6.42 Å². The predicted octanol–water partition coefficient (Wildman–Crippen LogP) is 11.5. The molecule has 250 valence electrons. The Morgan fingerprint density at radius 2 is 1.51 bits per heavy atom. The van der Waals surface area contributed by atoms with Gasteiger partial charge in [0.25, 0.3) is 0 Å². The average molecular weight is 663 g/mol. The number of rotatable bonds is 6. The van der Waals surface area contributed by atoms with Gasteiger partial charge < -0.3 is 14.2 Å². The van der Waals surface area contributed by atoms with E-state index >= 15 is 0 Å². The Morgan fingerprint density at radius 1 is 0.686 bits per heavy atom. The van der Waals surface area contributed by atoms with E-state index in [9.17, 15) is 0 Å². The highest BCUT2D eigenvalue weighted by Crippen LogP contribution is 2.51. The number of nitrogens with zero attached hydrogens (tertiary/aromatic N) is 2. The maximum Gasteiger partial charge on any atom is 0.149 e. The molecular weight excluding hydrogens is 621 g/mol. The molecule has 1 aliphatic heterocycles. The summed E-state index contributed by atoms with van der Waals surface area (Å²) in [4.78, 5) is 2.59. The fourth-order valence-electron chi connectivity index (χ4n) is 9.25. The van der Waals surface area contributed by atoms with E-state index in [1.54, 1.807) is 0 Å². The van der Waals surface area contributed by atoms with Crippen molar-refractivity contribution >= 4 is 22.7 Å². The molecule has 1 aromatic heterocycles. The van der Waals surface area contributed by atoms with E-state index in [0.29, 0.717) is 11.8 Å². The minimum absolute atomic E-state index is 0.106. The van der Waals surface area contributed by atoms with E-state index in [1.165, 1.54) is 62.3 Å². The smallest absolute Gasteiger partial charge is 0.149 e. The number of fused-ring (bicyclic) bond motifs is 7. The molecule has 0 spiro atoms. The molecular formula is C48H42N2O. The second-order valence-corrected chi connectivity index (χ2v) is 14.6. The van der Waals surface area contributed by atoms with Crippen molar-refractivity contribution in [1.29, 1.82) is 0 Å². The van der Waals surface area contributed by atoms with E-state index < -0.39 is 0 Å². The standard InChI is InChI=1S/C48H42N2O/c1-4-13-33(14-5-1)35-23-27-38(28-24-35)49(39-29-25-36(26-30-39)34-15-6-2-7-16-34)45-22-12-20-40-41-31-32-44-46(48(41)51-47(40)45)42-19-10-11-21-43(42)50(44)37-17-8-3-9-18-37/h1-10,12-15,17-20,22-25,27-29,31-32,34,36,39-40,47H,11,16,21,26,30H2. The zero-order valence-electron chi connectivity index (χ0n) is 28.8. The summed E-state index contributed by atoms with van der Waals surface area (Å²) in [5.41, 5.74) is 11.3. The maximum absolute atomic E-state index is 7.31. The molecule has 0 amide bonds. The third-order valence-corrected chi connectivity index (χ3v) is 11.7. The average Bonchev–Trinajstić information content (AvgIpc) is 3.76. The monoisotopic (exact) mass is 662 g/mol. The summed E-state index contributed by atoms with van der Waals surface area (Å²) in [6.45, 7) is 0. The van der Waals surface area contributed by atoms with Crippen LogP contribution in [0.1, 0.15) is 48.4 Å². The highest BCUT2D eigenvalue weighted by molar-refractivity contribution is 5.99. The molecule has 10 rings (SSSR count). The number of allylic oxidation sites excluding steroid dienone is 8. The Morgan fingerprint density at radius 3 is 2.29 bits per heavy atom. The quantitative estimate of drug-likeness (QED) is 0.168. The van der Waals surface area contributed by atoms with Crippen LogP contribution in [0.3, 0.4) is 0 Å². The first-order valence-electron chi connectivity index (χ1n) is 18.8. The van der Waals surface area contributed by atoms with Gasteiger partial charge in [0, 0.05) is 39.5 Å². The van der Waals surface area contributed by atoms with Gasteiger partial charge in [-0.2, -0.15) is 0 Å². The lowest BCUT2D eigenvalue weighted by Crippen LogP contribution is -2.42. The lowest BCUT2D eigenvalue weighted by molar-refractivity contribution is 0.251. The van der Waals surface area contributed by atoms with Gasteiger partial charge in [-0.05, 0) is 91.5 Å². The Labute approximate surface area is 300 Å². The van der Waals surface area contributed by atoms with Crippen molar-refractivity contribution in [3.63, 3.8) is 0 Å². The molecule has 2 heterocycles. The molecule has 3 nitrogen and oxygen atoms in total. The van der Waals surface area contributed by atoms with Crippen molar-refractivity contribution in [2.75, 3.05) is 4.90 Å². The Kier molecular flexibility index (Phi) is 7.52. The largest absolute Gasteiger partial charge is 0.482 e. The van der Waals surface area contributed by atoms with Gasteiger partial charge in [-0.25, -0.2) is 0 Å². The minimum atomic E-state index is -0.106. The van der Waals surface area contributed by atoms with Crippen LogP contribution in [0.2, 0.25) is 0 Å². The Bertz CT molecular complexity index is 2280. The van der Waals surface area contributed by atoms with E-state index in [4.69, 9.17) is 4.74 Å². The van der Waals surface area contributed by atoms with Crippen LogP contribution in [0.25, 0.3) is 33.8 Å². The van der Waals surface area contributed by atoms with Gasteiger partial charge >= 0.3 is 0 Å². The second kappa shape index (κ2) is 12.7. The molecule has 5 unspecified atom stereocenters. The summed E-state index contributed by atoms with van der Waals surface area (Å²) in [6, 6.07) is 35.6. The molecule has 5 aromatic rings. The summed E-state index contributed by atoms with van der Waals surface area (Å²) in [7, 11) is 0. The third-order valence-electron chi connectivity index (χ3n) is 11.7. The van der Waals surface area contributed by atoms with Gasteiger partial charge in [-0.15, -0.1) is 0 Å². The second-order valence-electron chi connectivity index (χ2n) is 14.6. The molecule has 0 radical (unpaired) electrons. The zero-order valence-corrected chi connectivity index (χ0v) is 28.8. The molecule has 4 aromatic carbocycles. The van der Waals surface area contributed by atoms with Crippen LogP contribution in [-0.4, -0.2) is 16.7 Å². The summed E-state index contributed by atoms with van der Waals surface area (Å²) in [5, 5.41) is 1.25. The van der Waals surface area contributed by atoms with Crippen LogP contribution >= 0.6 is 0 Å². The topological polar surface area (TPSA) is 17.4 Å². The fraction of sp³-hybridized carbons (Fsp3) is 0.208. The first-order valence-corrected chi connectivity index (χ1v) is 18.8. The van der Waals surface area contributed by atoms with Crippen LogP contribution in [0, 0.1) is 11.8 Å². The zero-order chi connectivity index (χ0) is 33.7. The molecule has 5 atom stereocenters. The van der Waals surface area contributed by atoms with Crippen LogP contribution in [0.15, 0.2) is 164 Å². The maximum atomic E-state index is 7.31. The minimum Gasteiger partial charge on any atom is -0.482 e. The van der Waals surface area contributed by atoms with Gasteiger partial charge in [0.1, 0.15) is 11.9 Å². The number of para-hydroxylation sites is 1. The van der Waals surface area contributed by atoms with Gasteiger partial charge in [0.05, 0.1) is 17.3 Å². The third kappa shape index (κ3) is 5.17. The summed E-state index contributed by atoms with van der Waals surface area (Å²) in [5.74, 6) is 2.36. The van der Waals surface area contributed by atoms with Crippen molar-refractivity contribution in [1.82, 2.24) is 4.57 Å². The van der Waals surface area contributed by atoms with Crippen molar-refractivity contribution in [2.24, 2.45) is 11.8 Å². The van der Waals surface area contributed by atoms with E-state index in [1.807, 2.05) is 0 Å². The van der Waals surface area contributed by atoms with Crippen LogP contribution in [0.4, 0.5) is 5.69 Å². The van der Waals surface area contributed by atoms with Gasteiger partial charge in [-0.1, -0.05) is 127 Å². The number of hydrogen-bond acceptors (Lipinski definition) is 2. The van der Waals surface area contributed by atoms with E-state index in [-0.39, 0.29) is 18.1 Å². The molecule has 0 bridgehead atoms. The van der Waals surface area contributed by atoms with Gasteiger partial charge in [-0.3, -0.25) is 0 Å². The molecule has 0 fully saturated rings. The number of aromatic nitrogens is 1. The molecule has 0 saturated heterocycles. The van der Waals surface area contributed by atoms with Crippen molar-refractivity contribution in [2.45, 2.75) is 50.2 Å². The molecule has 0 saturated carbocycles. The summed E-state index contributed by atoms with van der Waals surface area (Å²) < 4.78 is 9.77. The van der Waals surface area contributed by atoms with Gasteiger partial charge in [0.2, 0.25) is 0 Å². The highest BCUT2D eigenvalue weighted by atomic mass is 16.5. The van der Waals surface area contributed by atoms with E-state index in [0.717, 1.165) is 31.4 Å². The number of benzene rings is 4. The van der Waals surface area contributed by atoms with Crippen molar-refractivity contribution < 1.29 is 4.74 Å². The molecule has 0 N–H and O–H groups in total. The van der Waals surface area contributed by atoms with Crippen molar-refractivity contribution in [3.05, 3.63) is 180 Å².